The van der Waals surface area contributed by atoms with Crippen LogP contribution in [0, 0.1) is 0 Å². The highest BCUT2D eigenvalue weighted by Crippen LogP contribution is 2.17. The lowest BCUT2D eigenvalue weighted by molar-refractivity contribution is -0.135. The normalized spacial score (nSPS) is 20.4. The number of rotatable bonds is 6. The van der Waals surface area contributed by atoms with Gasteiger partial charge in [0.1, 0.15) is 0 Å². The minimum absolute atomic E-state index is 0.114. The maximum atomic E-state index is 12.0. The molecule has 0 aromatic carbocycles. The summed E-state index contributed by atoms with van der Waals surface area (Å²) in [5, 5.41) is 8.80. The van der Waals surface area contributed by atoms with E-state index in [0.29, 0.717) is 19.4 Å². The molecule has 1 rings (SSSR count). The van der Waals surface area contributed by atoms with Gasteiger partial charge in [-0.25, -0.2) is 0 Å². The first-order valence-corrected chi connectivity index (χ1v) is 6.17. The van der Waals surface area contributed by atoms with Gasteiger partial charge in [0.15, 0.2) is 0 Å². The quantitative estimate of drug-likeness (QED) is 0.744. The van der Waals surface area contributed by atoms with Crippen LogP contribution in [0.5, 0.6) is 0 Å². The number of hydrogen-bond donors (Lipinski definition) is 1. The van der Waals surface area contributed by atoms with E-state index in [1.165, 1.54) is 0 Å². The number of ether oxygens (including phenoxy) is 1. The molecule has 1 fully saturated rings. The molecular formula is C12H23NO3. The average Bonchev–Trinajstić information content (AvgIpc) is 2.70. The van der Waals surface area contributed by atoms with Gasteiger partial charge in [-0.15, -0.1) is 0 Å². The van der Waals surface area contributed by atoms with Gasteiger partial charge in [-0.3, -0.25) is 4.79 Å². The van der Waals surface area contributed by atoms with Crippen LogP contribution in [-0.4, -0.2) is 47.8 Å². The zero-order valence-corrected chi connectivity index (χ0v) is 10.3. The highest BCUT2D eigenvalue weighted by atomic mass is 16.5. The van der Waals surface area contributed by atoms with E-state index in [0.717, 1.165) is 19.4 Å². The van der Waals surface area contributed by atoms with Crippen LogP contribution in [0.2, 0.25) is 0 Å². The summed E-state index contributed by atoms with van der Waals surface area (Å²) < 4.78 is 5.46. The van der Waals surface area contributed by atoms with Gasteiger partial charge in [-0.05, 0) is 33.1 Å². The lowest BCUT2D eigenvalue weighted by Crippen LogP contribution is -2.39. The van der Waals surface area contributed by atoms with Crippen LogP contribution in [0.4, 0.5) is 0 Å². The Morgan fingerprint density at radius 1 is 1.56 bits per heavy atom. The van der Waals surface area contributed by atoms with E-state index in [9.17, 15) is 4.79 Å². The fourth-order valence-corrected chi connectivity index (χ4v) is 2.03. The Hall–Kier alpha value is -0.610. The van der Waals surface area contributed by atoms with Crippen LogP contribution in [0.15, 0.2) is 0 Å². The third kappa shape index (κ3) is 4.10. The lowest BCUT2D eigenvalue weighted by atomic mass is 10.1. The van der Waals surface area contributed by atoms with E-state index < -0.39 is 0 Å². The molecule has 1 aliphatic heterocycles. The molecule has 0 aliphatic carbocycles. The van der Waals surface area contributed by atoms with Crippen molar-refractivity contribution in [3.8, 4) is 0 Å². The molecule has 1 amide bonds. The second-order valence-electron chi connectivity index (χ2n) is 4.60. The molecule has 0 bridgehead atoms. The van der Waals surface area contributed by atoms with E-state index >= 15 is 0 Å². The zero-order chi connectivity index (χ0) is 12.0. The van der Waals surface area contributed by atoms with Gasteiger partial charge in [-0.1, -0.05) is 0 Å². The van der Waals surface area contributed by atoms with Gasteiger partial charge in [0.2, 0.25) is 5.91 Å². The number of aliphatic hydroxyl groups is 1. The Kier molecular flexibility index (Phi) is 5.77. The fraction of sp³-hybridized carbons (Fsp3) is 0.917. The molecule has 4 heteroatoms. The van der Waals surface area contributed by atoms with Gasteiger partial charge < -0.3 is 14.7 Å². The van der Waals surface area contributed by atoms with E-state index in [-0.39, 0.29) is 24.7 Å². The van der Waals surface area contributed by atoms with E-state index in [1.54, 1.807) is 0 Å². The second kappa shape index (κ2) is 6.86. The molecule has 1 saturated heterocycles. The van der Waals surface area contributed by atoms with Crippen molar-refractivity contribution in [2.75, 3.05) is 19.8 Å². The number of nitrogens with zero attached hydrogens (tertiary/aromatic N) is 1. The predicted molar refractivity (Wildman–Crippen MR) is 62.1 cm³/mol. The third-order valence-electron chi connectivity index (χ3n) is 2.93. The molecule has 1 N–H and O–H groups in total. The minimum atomic E-state index is 0.114. The van der Waals surface area contributed by atoms with Crippen LogP contribution < -0.4 is 0 Å². The largest absolute Gasteiger partial charge is 0.396 e. The monoisotopic (exact) mass is 229 g/mol. The van der Waals surface area contributed by atoms with E-state index in [2.05, 4.69) is 0 Å². The molecule has 1 aliphatic rings. The van der Waals surface area contributed by atoms with Crippen LogP contribution >= 0.6 is 0 Å². The van der Waals surface area contributed by atoms with Crippen molar-refractivity contribution in [3.63, 3.8) is 0 Å². The molecule has 1 heterocycles. The number of hydrogen-bond acceptors (Lipinski definition) is 3. The summed E-state index contributed by atoms with van der Waals surface area (Å²) in [5.74, 6) is 0.148. The molecular weight excluding hydrogens is 206 g/mol. The highest BCUT2D eigenvalue weighted by molar-refractivity contribution is 5.77. The molecule has 16 heavy (non-hydrogen) atoms. The van der Waals surface area contributed by atoms with Crippen molar-refractivity contribution in [1.82, 2.24) is 4.90 Å². The summed E-state index contributed by atoms with van der Waals surface area (Å²) in [6, 6.07) is 0.195. The minimum Gasteiger partial charge on any atom is -0.396 e. The van der Waals surface area contributed by atoms with Crippen LogP contribution in [0.1, 0.15) is 39.5 Å². The van der Waals surface area contributed by atoms with Crippen LogP contribution in [0.25, 0.3) is 0 Å². The molecule has 0 spiro atoms. The number of carbonyl (C=O) groups excluding carboxylic acids is 1. The summed E-state index contributed by atoms with van der Waals surface area (Å²) in [7, 11) is 0. The standard InChI is InChI=1S/C12H23NO3/c1-10(2)13(6-4-7-14)12(15)9-11-5-3-8-16-11/h10-11,14H,3-9H2,1-2H3. The molecule has 0 saturated carbocycles. The molecule has 94 valence electrons. The maximum absolute atomic E-state index is 12.0. The van der Waals surface area contributed by atoms with Crippen molar-refractivity contribution >= 4 is 5.91 Å². The Labute approximate surface area is 97.6 Å². The summed E-state index contributed by atoms with van der Waals surface area (Å²) in [6.07, 6.45) is 3.32. The van der Waals surface area contributed by atoms with Crippen LogP contribution in [-0.2, 0) is 9.53 Å². The molecule has 0 radical (unpaired) electrons. The van der Waals surface area contributed by atoms with Gasteiger partial charge >= 0.3 is 0 Å². The van der Waals surface area contributed by atoms with Crippen molar-refractivity contribution in [3.05, 3.63) is 0 Å². The Morgan fingerprint density at radius 2 is 2.31 bits per heavy atom. The lowest BCUT2D eigenvalue weighted by Gasteiger charge is -2.27. The zero-order valence-electron chi connectivity index (χ0n) is 10.3. The molecule has 0 aromatic rings. The average molecular weight is 229 g/mol. The Balaban J connectivity index is 2.39. The summed E-state index contributed by atoms with van der Waals surface area (Å²) in [4.78, 5) is 13.8. The van der Waals surface area contributed by atoms with E-state index in [1.807, 2.05) is 18.7 Å². The van der Waals surface area contributed by atoms with E-state index in [4.69, 9.17) is 9.84 Å². The Morgan fingerprint density at radius 3 is 2.81 bits per heavy atom. The van der Waals surface area contributed by atoms with Crippen molar-refractivity contribution in [2.45, 2.75) is 51.7 Å². The first kappa shape index (κ1) is 13.5. The second-order valence-corrected chi connectivity index (χ2v) is 4.60. The molecule has 0 aromatic heterocycles. The highest BCUT2D eigenvalue weighted by Gasteiger charge is 2.23. The van der Waals surface area contributed by atoms with Gasteiger partial charge in [0.05, 0.1) is 12.5 Å². The molecule has 1 unspecified atom stereocenters. The predicted octanol–water partition coefficient (Wildman–Crippen LogP) is 1.17. The third-order valence-corrected chi connectivity index (χ3v) is 2.93. The first-order chi connectivity index (χ1) is 7.65. The topological polar surface area (TPSA) is 49.8 Å². The summed E-state index contributed by atoms with van der Waals surface area (Å²) >= 11 is 0. The van der Waals surface area contributed by atoms with Crippen molar-refractivity contribution in [2.24, 2.45) is 0 Å². The van der Waals surface area contributed by atoms with Crippen molar-refractivity contribution < 1.29 is 14.6 Å². The number of carbonyl (C=O) groups is 1. The van der Waals surface area contributed by atoms with Crippen LogP contribution in [0.3, 0.4) is 0 Å². The fourth-order valence-electron chi connectivity index (χ4n) is 2.03. The van der Waals surface area contributed by atoms with Crippen molar-refractivity contribution in [1.29, 1.82) is 0 Å². The maximum Gasteiger partial charge on any atom is 0.225 e. The first-order valence-electron chi connectivity index (χ1n) is 6.17. The number of amides is 1. The summed E-state index contributed by atoms with van der Waals surface area (Å²) in [6.45, 7) is 5.57. The summed E-state index contributed by atoms with van der Waals surface area (Å²) in [5.41, 5.74) is 0. The molecule has 4 nitrogen and oxygen atoms in total. The Bertz CT molecular complexity index is 212. The smallest absolute Gasteiger partial charge is 0.225 e. The van der Waals surface area contributed by atoms with Gasteiger partial charge in [0, 0.05) is 25.8 Å². The number of aliphatic hydroxyl groups excluding tert-OH is 1. The molecule has 1 atom stereocenters. The van der Waals surface area contributed by atoms with Gasteiger partial charge in [0.25, 0.3) is 0 Å². The SMILES string of the molecule is CC(C)N(CCCO)C(=O)CC1CCCO1. The van der Waals surface area contributed by atoms with Gasteiger partial charge in [-0.2, -0.15) is 0 Å².